The zero-order valence-corrected chi connectivity index (χ0v) is 29.5. The molecule has 0 unspecified atom stereocenters. The number of allylic oxidation sites excluding steroid dienone is 3. The molecule has 0 atom stereocenters. The largest absolute Gasteiger partial charge is 3.00 e. The number of para-hydroxylation sites is 1. The van der Waals surface area contributed by atoms with Crippen LogP contribution in [0.25, 0.3) is 21.9 Å². The average molecular weight is 687 g/mol. The maximum absolute atomic E-state index is 2.42. The molecule has 213 valence electrons. The Balaban J connectivity index is 0.000000217. The second-order valence-electron chi connectivity index (χ2n) is 11.4. The quantitative estimate of drug-likeness (QED) is 0.234. The number of rotatable bonds is 4. The van der Waals surface area contributed by atoms with Gasteiger partial charge in [-0.2, -0.15) is 0 Å². The predicted octanol–water partition coefficient (Wildman–Crippen LogP) is 3.67. The van der Waals surface area contributed by atoms with Crippen molar-refractivity contribution in [3.8, 4) is 11.1 Å². The molecule has 0 bridgehead atoms. The van der Waals surface area contributed by atoms with Crippen LogP contribution in [0.2, 0.25) is 13.1 Å². The first kappa shape index (κ1) is 34.3. The van der Waals surface area contributed by atoms with Crippen LogP contribution >= 0.6 is 0 Å². The number of hydrogen-bond acceptors (Lipinski definition) is 1. The number of fused-ring (bicyclic) bond motifs is 2. The summed E-state index contributed by atoms with van der Waals surface area (Å²) in [7, 11) is -0.292. The Morgan fingerprint density at radius 3 is 2.17 bits per heavy atom. The Hall–Kier alpha value is -2.16. The fourth-order valence-electron chi connectivity index (χ4n) is 6.16. The van der Waals surface area contributed by atoms with Gasteiger partial charge in [0.2, 0.25) is 0 Å². The molecule has 0 saturated heterocycles. The second-order valence-corrected chi connectivity index (χ2v) is 13.9. The third-order valence-corrected chi connectivity index (χ3v) is 9.06. The molecule has 0 amide bonds. The van der Waals surface area contributed by atoms with Crippen molar-refractivity contribution in [1.29, 1.82) is 0 Å². The third kappa shape index (κ3) is 8.26. The third-order valence-electron chi connectivity index (χ3n) is 8.15. The van der Waals surface area contributed by atoms with Gasteiger partial charge in [-0.15, -0.1) is 34.5 Å². The van der Waals surface area contributed by atoms with Crippen LogP contribution in [0, 0.1) is 0 Å². The zero-order chi connectivity index (χ0) is 26.6. The van der Waals surface area contributed by atoms with E-state index < -0.39 is 0 Å². The van der Waals surface area contributed by atoms with Crippen molar-refractivity contribution < 1.29 is 51.0 Å². The van der Waals surface area contributed by atoms with Crippen LogP contribution in [0.15, 0.2) is 126 Å². The van der Waals surface area contributed by atoms with Gasteiger partial charge in [0.1, 0.15) is 0 Å². The van der Waals surface area contributed by atoms with Gasteiger partial charge in [-0.3, -0.25) is 0 Å². The number of anilines is 1. The van der Waals surface area contributed by atoms with Crippen LogP contribution < -0.4 is 29.7 Å². The van der Waals surface area contributed by atoms with Crippen LogP contribution in [0.4, 0.5) is 5.69 Å². The van der Waals surface area contributed by atoms with Gasteiger partial charge >= 0.3 is 26.2 Å². The minimum absolute atomic E-state index is 0. The molecule has 1 fully saturated rings. The number of hydrogen-bond donors (Lipinski definition) is 0. The molecule has 0 N–H and O–H groups in total. The van der Waals surface area contributed by atoms with Crippen LogP contribution in [-0.4, -0.2) is 20.6 Å². The summed E-state index contributed by atoms with van der Waals surface area (Å²) in [5, 5.41) is 2.67. The smallest absolute Gasteiger partial charge is 1.00 e. The summed E-state index contributed by atoms with van der Waals surface area (Å²) in [5.74, 6) is 0.798. The molecule has 42 heavy (non-hydrogen) atoms. The minimum atomic E-state index is -0.292. The van der Waals surface area contributed by atoms with Gasteiger partial charge in [-0.05, 0) is 65.3 Å². The van der Waals surface area contributed by atoms with E-state index in [2.05, 4.69) is 133 Å². The first-order chi connectivity index (χ1) is 19.1. The van der Waals surface area contributed by atoms with Crippen molar-refractivity contribution in [1.82, 2.24) is 0 Å². The van der Waals surface area contributed by atoms with Crippen LogP contribution in [0.3, 0.4) is 0 Å². The minimum Gasteiger partial charge on any atom is -1.00 e. The van der Waals surface area contributed by atoms with Crippen molar-refractivity contribution in [3.63, 3.8) is 0 Å². The monoisotopic (exact) mass is 684 g/mol. The van der Waals surface area contributed by atoms with Gasteiger partial charge < -0.3 is 29.7 Å². The molecule has 1 radical (unpaired) electrons. The van der Waals surface area contributed by atoms with Gasteiger partial charge in [-0.25, -0.2) is 0 Å². The SMILES string of the molecule is C[Si](C)=CC1=CC2=CN(c3ccccc3)CC2=C1.[Cl-].[Cl-].[Zr+3].c1ccc2[cH-]c(-c3ccc(C4CCCCC4)cc3)cc2c1. The van der Waals surface area contributed by atoms with E-state index in [-0.39, 0.29) is 59.4 Å². The zero-order valence-electron chi connectivity index (χ0n) is 24.5. The van der Waals surface area contributed by atoms with Crippen molar-refractivity contribution >= 4 is 30.5 Å². The number of halogens is 2. The van der Waals surface area contributed by atoms with Gasteiger partial charge in [0.05, 0.1) is 0 Å². The van der Waals surface area contributed by atoms with Crippen LogP contribution in [0.5, 0.6) is 0 Å². The summed E-state index contributed by atoms with van der Waals surface area (Å²) in [5.41, 5.74) is 12.1. The molecule has 5 heteroatoms. The fourth-order valence-corrected chi connectivity index (χ4v) is 6.99. The number of nitrogens with zero attached hydrogens (tertiary/aromatic N) is 1. The van der Waals surface area contributed by atoms with Crippen LogP contribution in [-0.2, 0) is 26.2 Å². The summed E-state index contributed by atoms with van der Waals surface area (Å²) in [6.45, 7) is 5.65. The van der Waals surface area contributed by atoms with Gasteiger partial charge in [-0.1, -0.05) is 104 Å². The molecule has 1 saturated carbocycles. The van der Waals surface area contributed by atoms with E-state index in [1.165, 1.54) is 82.0 Å². The molecule has 4 aromatic rings. The summed E-state index contributed by atoms with van der Waals surface area (Å²) >= 11 is 0. The molecule has 7 rings (SSSR count). The van der Waals surface area contributed by atoms with E-state index in [1.807, 2.05) is 0 Å². The molecule has 0 aromatic heterocycles. The van der Waals surface area contributed by atoms with E-state index in [9.17, 15) is 0 Å². The Morgan fingerprint density at radius 2 is 1.50 bits per heavy atom. The van der Waals surface area contributed by atoms with E-state index >= 15 is 0 Å². The Morgan fingerprint density at radius 1 is 0.810 bits per heavy atom. The van der Waals surface area contributed by atoms with Crippen molar-refractivity contribution in [2.75, 3.05) is 11.4 Å². The maximum atomic E-state index is 2.42. The van der Waals surface area contributed by atoms with E-state index in [0.717, 1.165) is 12.5 Å². The van der Waals surface area contributed by atoms with E-state index in [0.29, 0.717) is 0 Å². The molecule has 4 aromatic carbocycles. The molecule has 3 aliphatic rings. The molecular weight excluding hydrogens is 649 g/mol. The van der Waals surface area contributed by atoms with Gasteiger partial charge in [0.25, 0.3) is 0 Å². The average Bonchev–Trinajstić information content (AvgIpc) is 3.68. The Kier molecular flexibility index (Phi) is 13.1. The van der Waals surface area contributed by atoms with Gasteiger partial charge in [0, 0.05) is 26.8 Å². The van der Waals surface area contributed by atoms with Crippen molar-refractivity contribution in [2.24, 2.45) is 0 Å². The molecule has 0 spiro atoms. The molecular formula is C37H38Cl2NSiZr. The number of benzene rings is 3. The molecule has 1 aliphatic heterocycles. The van der Waals surface area contributed by atoms with Gasteiger partial charge in [0.15, 0.2) is 0 Å². The Bertz CT molecular complexity index is 1540. The molecule has 1 nitrogen and oxygen atoms in total. The summed E-state index contributed by atoms with van der Waals surface area (Å²) in [4.78, 5) is 2.32. The topological polar surface area (TPSA) is 3.24 Å². The summed E-state index contributed by atoms with van der Waals surface area (Å²) in [6, 6.07) is 33.1. The first-order valence-electron chi connectivity index (χ1n) is 14.5. The first-order valence-corrected chi connectivity index (χ1v) is 17.1. The molecule has 2 aliphatic carbocycles. The second kappa shape index (κ2) is 16.1. The summed E-state index contributed by atoms with van der Waals surface area (Å²) < 4.78 is 0. The van der Waals surface area contributed by atoms with Crippen LogP contribution in [0.1, 0.15) is 43.6 Å². The molecule has 1 heterocycles. The van der Waals surface area contributed by atoms with E-state index in [1.54, 1.807) is 0 Å². The standard InChI is InChI=1S/C21H21.C16H17NSi.2ClH.Zr/c1-2-6-16(7-3-1)17-10-12-18(13-11-17)21-14-19-8-4-5-9-20(19)15-21;1-18(2)12-13-8-14-10-17(11-15(14)9-13)16-6-4-3-5-7-16;;;/h4-5,8-16H,1-3,6-7H2;3-10,12H,11H2,1-2H3;2*1H;/q-1;;;;+3/p-2. The van der Waals surface area contributed by atoms with Crippen molar-refractivity contribution in [3.05, 3.63) is 132 Å². The predicted molar refractivity (Wildman–Crippen MR) is 172 cm³/mol. The maximum Gasteiger partial charge on any atom is 3.00 e. The normalized spacial score (nSPS) is 15.5. The fraction of sp³-hybridized carbons (Fsp3) is 0.243. The van der Waals surface area contributed by atoms with E-state index in [4.69, 9.17) is 0 Å². The Labute approximate surface area is 285 Å². The summed E-state index contributed by atoms with van der Waals surface area (Å²) in [6.07, 6.45) is 13.9. The van der Waals surface area contributed by atoms with Crippen molar-refractivity contribution in [2.45, 2.75) is 51.1 Å².